The molecule has 4 aliphatic rings. The van der Waals surface area contributed by atoms with E-state index in [2.05, 4.69) is 5.32 Å². The SMILES string of the molecule is C[C@@H](OC(=O)CCc1ccsc1)C(=O)NC12CC3CC(CC(C3)C1)C2. The Morgan fingerprint density at radius 1 is 1.24 bits per heavy atom. The zero-order valence-corrected chi connectivity index (χ0v) is 15.6. The summed E-state index contributed by atoms with van der Waals surface area (Å²) in [7, 11) is 0. The topological polar surface area (TPSA) is 55.4 Å². The van der Waals surface area contributed by atoms with E-state index in [1.165, 1.54) is 19.3 Å². The molecule has 0 spiro atoms. The van der Waals surface area contributed by atoms with E-state index in [9.17, 15) is 9.59 Å². The number of thiophene rings is 1. The number of nitrogens with one attached hydrogen (secondary N) is 1. The molecule has 0 unspecified atom stereocenters. The van der Waals surface area contributed by atoms with Gasteiger partial charge in [0.05, 0.1) is 0 Å². The van der Waals surface area contributed by atoms with E-state index in [0.717, 1.165) is 42.6 Å². The van der Waals surface area contributed by atoms with Crippen LogP contribution in [0.15, 0.2) is 16.8 Å². The molecule has 4 bridgehead atoms. The lowest BCUT2D eigenvalue weighted by Crippen LogP contribution is -2.61. The van der Waals surface area contributed by atoms with E-state index in [1.54, 1.807) is 18.3 Å². The Kier molecular flexibility index (Phi) is 4.61. The number of amides is 1. The van der Waals surface area contributed by atoms with Gasteiger partial charge >= 0.3 is 5.97 Å². The molecule has 0 aliphatic heterocycles. The van der Waals surface area contributed by atoms with Crippen LogP contribution in [-0.2, 0) is 20.7 Å². The van der Waals surface area contributed by atoms with Crippen molar-refractivity contribution >= 4 is 23.2 Å². The first-order chi connectivity index (χ1) is 12.0. The van der Waals surface area contributed by atoms with Gasteiger partial charge in [0.25, 0.3) is 5.91 Å². The predicted octanol–water partition coefficient (Wildman–Crippen LogP) is 3.70. The first-order valence-electron chi connectivity index (χ1n) is 9.54. The van der Waals surface area contributed by atoms with E-state index in [0.29, 0.717) is 12.8 Å². The van der Waals surface area contributed by atoms with Crippen molar-refractivity contribution in [1.29, 1.82) is 0 Å². The molecule has 25 heavy (non-hydrogen) atoms. The fourth-order valence-corrected chi connectivity index (χ4v) is 6.32. The third kappa shape index (κ3) is 3.76. The Hall–Kier alpha value is -1.36. The predicted molar refractivity (Wildman–Crippen MR) is 97.2 cm³/mol. The smallest absolute Gasteiger partial charge is 0.306 e. The van der Waals surface area contributed by atoms with E-state index >= 15 is 0 Å². The van der Waals surface area contributed by atoms with Crippen molar-refractivity contribution in [1.82, 2.24) is 5.32 Å². The third-order valence-electron chi connectivity index (χ3n) is 6.30. The van der Waals surface area contributed by atoms with Crippen LogP contribution in [0.3, 0.4) is 0 Å². The molecule has 1 amide bonds. The van der Waals surface area contributed by atoms with Crippen LogP contribution in [0.5, 0.6) is 0 Å². The van der Waals surface area contributed by atoms with E-state index < -0.39 is 6.10 Å². The molecular weight excluding hydrogens is 334 g/mol. The highest BCUT2D eigenvalue weighted by Gasteiger charge is 2.51. The molecule has 136 valence electrons. The van der Waals surface area contributed by atoms with Gasteiger partial charge in [0.1, 0.15) is 0 Å². The van der Waals surface area contributed by atoms with Gasteiger partial charge in [-0.3, -0.25) is 9.59 Å². The van der Waals surface area contributed by atoms with Gasteiger partial charge in [-0.15, -0.1) is 0 Å². The number of ether oxygens (including phenoxy) is 1. The van der Waals surface area contributed by atoms with Crippen LogP contribution in [0.4, 0.5) is 0 Å². The molecule has 4 nitrogen and oxygen atoms in total. The molecule has 1 aromatic heterocycles. The molecule has 0 saturated heterocycles. The van der Waals surface area contributed by atoms with Crippen LogP contribution >= 0.6 is 11.3 Å². The highest BCUT2D eigenvalue weighted by atomic mass is 32.1. The summed E-state index contributed by atoms with van der Waals surface area (Å²) in [4.78, 5) is 24.6. The van der Waals surface area contributed by atoms with Crippen LogP contribution in [0, 0.1) is 17.8 Å². The van der Waals surface area contributed by atoms with Gasteiger partial charge in [-0.05, 0) is 92.0 Å². The molecule has 5 heteroatoms. The number of rotatable bonds is 6. The van der Waals surface area contributed by atoms with Crippen LogP contribution in [-0.4, -0.2) is 23.5 Å². The zero-order valence-electron chi connectivity index (χ0n) is 14.8. The van der Waals surface area contributed by atoms with Crippen LogP contribution in [0.2, 0.25) is 0 Å². The first kappa shape index (κ1) is 17.1. The average molecular weight is 362 g/mol. The minimum absolute atomic E-state index is 0.0246. The summed E-state index contributed by atoms with van der Waals surface area (Å²) in [6, 6.07) is 2.02. The molecule has 1 N–H and O–H groups in total. The highest BCUT2D eigenvalue weighted by molar-refractivity contribution is 7.07. The summed E-state index contributed by atoms with van der Waals surface area (Å²) in [5, 5.41) is 7.33. The maximum Gasteiger partial charge on any atom is 0.306 e. The number of hydrogen-bond acceptors (Lipinski definition) is 4. The highest BCUT2D eigenvalue weighted by Crippen LogP contribution is 2.55. The number of aryl methyl sites for hydroxylation is 1. The van der Waals surface area contributed by atoms with E-state index in [1.807, 2.05) is 16.8 Å². The molecule has 0 aromatic carbocycles. The van der Waals surface area contributed by atoms with Gasteiger partial charge in [-0.1, -0.05) is 0 Å². The molecule has 1 heterocycles. The van der Waals surface area contributed by atoms with Gasteiger partial charge in [0, 0.05) is 12.0 Å². The summed E-state index contributed by atoms with van der Waals surface area (Å²) in [5.74, 6) is 1.95. The molecule has 4 fully saturated rings. The summed E-state index contributed by atoms with van der Waals surface area (Å²) < 4.78 is 5.38. The second-order valence-corrected chi connectivity index (χ2v) is 9.23. The van der Waals surface area contributed by atoms with Crippen molar-refractivity contribution < 1.29 is 14.3 Å². The number of esters is 1. The minimum atomic E-state index is -0.706. The van der Waals surface area contributed by atoms with E-state index in [-0.39, 0.29) is 17.4 Å². The van der Waals surface area contributed by atoms with Crippen molar-refractivity contribution in [3.8, 4) is 0 Å². The fourth-order valence-electron chi connectivity index (χ4n) is 5.62. The first-order valence-corrected chi connectivity index (χ1v) is 10.5. The van der Waals surface area contributed by atoms with Gasteiger partial charge < -0.3 is 10.1 Å². The lowest BCUT2D eigenvalue weighted by Gasteiger charge is -2.57. The van der Waals surface area contributed by atoms with Crippen LogP contribution in [0.25, 0.3) is 0 Å². The number of hydrogen-bond donors (Lipinski definition) is 1. The Labute approximate surface area is 153 Å². The monoisotopic (exact) mass is 361 g/mol. The second kappa shape index (κ2) is 6.75. The summed E-state index contributed by atoms with van der Waals surface area (Å²) in [6.45, 7) is 1.69. The lowest BCUT2D eigenvalue weighted by molar-refractivity contribution is -0.156. The Morgan fingerprint density at radius 2 is 1.88 bits per heavy atom. The van der Waals surface area contributed by atoms with Crippen molar-refractivity contribution in [3.63, 3.8) is 0 Å². The van der Waals surface area contributed by atoms with Gasteiger partial charge in [0.2, 0.25) is 0 Å². The van der Waals surface area contributed by atoms with Crippen molar-refractivity contribution in [3.05, 3.63) is 22.4 Å². The standard InChI is InChI=1S/C20H27NO3S/c1-13(24-18(22)3-2-14-4-5-25-12-14)19(23)21-20-9-15-6-16(10-20)8-17(7-15)11-20/h4-5,12-13,15-17H,2-3,6-11H2,1H3,(H,21,23)/t13-,15?,16?,17?,20?/m1/s1. The van der Waals surface area contributed by atoms with Crippen LogP contribution in [0.1, 0.15) is 57.4 Å². The maximum atomic E-state index is 12.6. The third-order valence-corrected chi connectivity index (χ3v) is 7.03. The second-order valence-electron chi connectivity index (χ2n) is 8.45. The average Bonchev–Trinajstić information content (AvgIpc) is 3.04. The van der Waals surface area contributed by atoms with Crippen molar-refractivity contribution in [2.45, 2.75) is 69.9 Å². The number of carbonyl (C=O) groups is 2. The Morgan fingerprint density at radius 3 is 2.44 bits per heavy atom. The zero-order chi connectivity index (χ0) is 17.4. The molecule has 4 aliphatic carbocycles. The molecule has 5 rings (SSSR count). The maximum absolute atomic E-state index is 12.6. The largest absolute Gasteiger partial charge is 0.453 e. The summed E-state index contributed by atoms with van der Waals surface area (Å²) >= 11 is 1.62. The van der Waals surface area contributed by atoms with Crippen molar-refractivity contribution in [2.75, 3.05) is 0 Å². The molecule has 1 aromatic rings. The van der Waals surface area contributed by atoms with Gasteiger partial charge in [-0.25, -0.2) is 0 Å². The van der Waals surface area contributed by atoms with E-state index in [4.69, 9.17) is 4.74 Å². The Bertz CT molecular complexity index is 604. The van der Waals surface area contributed by atoms with Gasteiger partial charge in [0.15, 0.2) is 6.10 Å². The molecule has 1 atom stereocenters. The molecule has 0 radical (unpaired) electrons. The van der Waals surface area contributed by atoms with Gasteiger partial charge in [-0.2, -0.15) is 11.3 Å². The number of carbonyl (C=O) groups excluding carboxylic acids is 2. The van der Waals surface area contributed by atoms with Crippen molar-refractivity contribution in [2.24, 2.45) is 17.8 Å². The normalized spacial score (nSPS) is 33.9. The molecular formula is C20H27NO3S. The lowest BCUT2D eigenvalue weighted by atomic mass is 9.53. The fraction of sp³-hybridized carbons (Fsp3) is 0.700. The van der Waals surface area contributed by atoms with Crippen LogP contribution < -0.4 is 5.32 Å². The summed E-state index contributed by atoms with van der Waals surface area (Å²) in [6.07, 6.45) is 7.68. The minimum Gasteiger partial charge on any atom is -0.453 e. The Balaban J connectivity index is 1.28. The quantitative estimate of drug-likeness (QED) is 0.786. The molecule has 4 saturated carbocycles. The summed E-state index contributed by atoms with van der Waals surface area (Å²) in [5.41, 5.74) is 1.12.